The van der Waals surface area contributed by atoms with Crippen molar-refractivity contribution < 1.29 is 43.4 Å². The second-order valence-corrected chi connectivity index (χ2v) is 4.86. The molecule has 2 N–H and O–H groups in total. The van der Waals surface area contributed by atoms with Crippen molar-refractivity contribution in [3.05, 3.63) is 23.2 Å². The number of hydrogen-bond donors (Lipinski definition) is 2. The van der Waals surface area contributed by atoms with E-state index in [1.807, 2.05) is 0 Å². The Balaban J connectivity index is 3.12. The van der Waals surface area contributed by atoms with E-state index in [0.29, 0.717) is 6.92 Å². The Morgan fingerprint density at radius 3 is 2.96 bits per heavy atom. The lowest BCUT2D eigenvalue weighted by Gasteiger charge is -2.38. The highest BCUT2D eigenvalue weighted by Gasteiger charge is 2.33. The van der Waals surface area contributed by atoms with Crippen molar-refractivity contribution in [3.63, 3.8) is 0 Å². The van der Waals surface area contributed by atoms with Crippen LogP contribution in [0.1, 0.15) is 79.3 Å². The Morgan fingerprint density at radius 2 is 2.30 bits per heavy atom. The molecular formula is C19H31NO3. The molecule has 2 rings (SSSR count). The number of methoxy groups -OCH3 is 2. The van der Waals surface area contributed by atoms with Gasteiger partial charge in [0.25, 0.3) is 0 Å². The van der Waals surface area contributed by atoms with Crippen LogP contribution >= 0.6 is 0 Å². The van der Waals surface area contributed by atoms with E-state index in [9.17, 15) is 5.11 Å². The molecule has 0 aromatic heterocycles. The van der Waals surface area contributed by atoms with E-state index in [-0.39, 0.29) is 0 Å². The molecule has 1 saturated heterocycles. The minimum Gasteiger partial charge on any atom is -0.493 e. The summed E-state index contributed by atoms with van der Waals surface area (Å²) in [5, 5.41) is 13.2. The van der Waals surface area contributed by atoms with Gasteiger partial charge in [0, 0.05) is 33.1 Å². The highest BCUT2D eigenvalue weighted by molar-refractivity contribution is 5.48. The van der Waals surface area contributed by atoms with Crippen LogP contribution < -0.4 is 14.8 Å². The number of nitrogens with one attached hydrogen (secondary N) is 1. The van der Waals surface area contributed by atoms with Gasteiger partial charge >= 0.3 is 0 Å². The number of aliphatic hydroxyl groups is 1. The monoisotopic (exact) mass is 342 g/mol. The maximum Gasteiger partial charge on any atom is 0.161 e. The zero-order chi connectivity index (χ0) is 35.2. The van der Waals surface area contributed by atoms with Gasteiger partial charge in [0.05, 0.1) is 28.5 Å². The summed E-state index contributed by atoms with van der Waals surface area (Å²) in [6.45, 7) is -13.7. The standard InChI is InChI=1S/C19H31NO3/c1-12-7-17(22-5)18(23-6)8-14(12)15-9-16(21)13(11-20-15)10-19(2,3)4/h7-8,13,15-16,20-21H,9-11H2,1-6H3/i1D2,2D3,3D3,6D3,7D,8D,9D2,10D2,11D2,13D,16D. The number of rotatable bonds is 4. The van der Waals surface area contributed by atoms with Crippen molar-refractivity contribution in [2.24, 2.45) is 11.3 Å². The maximum atomic E-state index is 11.4. The van der Waals surface area contributed by atoms with E-state index in [1.54, 1.807) is 5.32 Å². The molecule has 0 spiro atoms. The Hall–Kier alpha value is -1.26. The third-order valence-corrected chi connectivity index (χ3v) is 2.82. The molecule has 1 aromatic rings. The van der Waals surface area contributed by atoms with Gasteiger partial charge in [0.15, 0.2) is 11.5 Å². The van der Waals surface area contributed by atoms with Crippen LogP contribution in [0.25, 0.3) is 0 Å². The summed E-state index contributed by atoms with van der Waals surface area (Å²) in [6, 6.07) is -4.89. The van der Waals surface area contributed by atoms with Crippen molar-refractivity contribution in [1.29, 1.82) is 0 Å². The molecule has 23 heavy (non-hydrogen) atoms. The van der Waals surface area contributed by atoms with Crippen LogP contribution in [0.3, 0.4) is 0 Å². The van der Waals surface area contributed by atoms with E-state index in [4.69, 9.17) is 38.3 Å². The summed E-state index contributed by atoms with van der Waals surface area (Å²) in [5.41, 5.74) is -5.73. The summed E-state index contributed by atoms with van der Waals surface area (Å²) in [6.07, 6.45) is -12.7. The summed E-state index contributed by atoms with van der Waals surface area (Å²) < 4.78 is 181. The lowest BCUT2D eigenvalue weighted by atomic mass is 9.78. The first kappa shape index (κ1) is 4.89. The molecular weight excluding hydrogens is 290 g/mol. The van der Waals surface area contributed by atoms with Gasteiger partial charge in [-0.25, -0.2) is 0 Å². The number of benzene rings is 1. The van der Waals surface area contributed by atoms with Gasteiger partial charge in [-0.1, -0.05) is 20.6 Å². The third kappa shape index (κ3) is 4.39. The fraction of sp³-hybridized carbons (Fsp3) is 0.684. The summed E-state index contributed by atoms with van der Waals surface area (Å²) in [7, 11) is -2.42. The largest absolute Gasteiger partial charge is 0.493 e. The van der Waals surface area contributed by atoms with Crippen molar-refractivity contribution in [3.8, 4) is 11.5 Å². The molecule has 1 heterocycles. The number of hydrogen-bond acceptors (Lipinski definition) is 4. The molecule has 1 aliphatic rings. The maximum absolute atomic E-state index is 11.4. The third-order valence-electron chi connectivity index (χ3n) is 2.82. The average molecular weight is 343 g/mol. The van der Waals surface area contributed by atoms with E-state index < -0.39 is 105 Å². The van der Waals surface area contributed by atoms with Gasteiger partial charge in [-0.2, -0.15) is 0 Å². The van der Waals surface area contributed by atoms with Crippen molar-refractivity contribution >= 4 is 0 Å². The Kier molecular flexibility index (Phi) is 1.51. The molecule has 0 bridgehead atoms. The van der Waals surface area contributed by atoms with E-state index >= 15 is 0 Å². The van der Waals surface area contributed by atoms with Gasteiger partial charge < -0.3 is 19.9 Å². The molecule has 0 amide bonds. The molecule has 3 atom stereocenters. The quantitative estimate of drug-likeness (QED) is 0.880. The fourth-order valence-electron chi connectivity index (χ4n) is 1.87. The zero-order valence-corrected chi connectivity index (χ0v) is 12.4. The molecule has 0 aliphatic carbocycles. The van der Waals surface area contributed by atoms with Gasteiger partial charge in [-0.15, -0.1) is 0 Å². The van der Waals surface area contributed by atoms with Gasteiger partial charge in [-0.05, 0) is 54.1 Å². The molecule has 130 valence electrons. The molecule has 1 aromatic carbocycles. The van der Waals surface area contributed by atoms with E-state index in [0.717, 1.165) is 7.11 Å². The topological polar surface area (TPSA) is 50.7 Å². The minimum absolute atomic E-state index is 0.316. The zero-order valence-electron chi connectivity index (χ0n) is 33.4. The van der Waals surface area contributed by atoms with Gasteiger partial charge in [0.1, 0.15) is 0 Å². The molecule has 3 unspecified atom stereocenters. The van der Waals surface area contributed by atoms with Crippen LogP contribution in [0.5, 0.6) is 11.5 Å². The number of piperidine rings is 1. The molecule has 4 nitrogen and oxygen atoms in total. The van der Waals surface area contributed by atoms with Crippen LogP contribution in [0, 0.1) is 18.2 Å². The van der Waals surface area contributed by atoms with E-state index in [1.165, 1.54) is 0 Å². The minimum atomic E-state index is -4.46. The van der Waals surface area contributed by atoms with Crippen LogP contribution in [0.4, 0.5) is 0 Å². The summed E-state index contributed by atoms with van der Waals surface area (Å²) in [4.78, 5) is 0. The summed E-state index contributed by atoms with van der Waals surface area (Å²) >= 11 is 0. The molecule has 0 saturated carbocycles. The predicted octanol–water partition coefficient (Wildman–Crippen LogP) is 3.46. The van der Waals surface area contributed by atoms with Crippen LogP contribution in [-0.2, 0) is 0 Å². The van der Waals surface area contributed by atoms with E-state index in [2.05, 4.69) is 0 Å². The van der Waals surface area contributed by atoms with Crippen LogP contribution in [-0.4, -0.2) is 31.8 Å². The Bertz CT molecular complexity index is 1250. The van der Waals surface area contributed by atoms with Crippen LogP contribution in [0.2, 0.25) is 0 Å². The highest BCUT2D eigenvalue weighted by atomic mass is 16.5. The second kappa shape index (κ2) is 7.10. The first-order chi connectivity index (χ1) is 19.2. The smallest absolute Gasteiger partial charge is 0.161 e. The summed E-state index contributed by atoms with van der Waals surface area (Å²) in [5.74, 6) is -6.23. The predicted molar refractivity (Wildman–Crippen MR) is 93.2 cm³/mol. The molecule has 1 aliphatic heterocycles. The number of ether oxygens (including phenoxy) is 2. The molecule has 1 fully saturated rings. The van der Waals surface area contributed by atoms with Crippen molar-refractivity contribution in [2.45, 2.75) is 52.4 Å². The second-order valence-electron chi connectivity index (χ2n) is 4.86. The highest BCUT2D eigenvalue weighted by Crippen LogP contribution is 2.37. The van der Waals surface area contributed by atoms with Crippen molar-refractivity contribution in [2.75, 3.05) is 20.6 Å². The first-order valence-electron chi connectivity index (χ1n) is 17.1. The fourth-order valence-corrected chi connectivity index (χ4v) is 1.87. The lowest BCUT2D eigenvalue weighted by Crippen LogP contribution is -2.43. The Morgan fingerprint density at radius 1 is 1.52 bits per heavy atom. The normalized spacial score (nSPS) is 51.8. The van der Waals surface area contributed by atoms with Gasteiger partial charge in [-0.3, -0.25) is 0 Å². The average Bonchev–Trinajstić information content (AvgIpc) is 2.79. The first-order valence-corrected chi connectivity index (χ1v) is 6.40. The van der Waals surface area contributed by atoms with Crippen LogP contribution in [0.15, 0.2) is 12.1 Å². The van der Waals surface area contributed by atoms with Gasteiger partial charge in [0.2, 0.25) is 0 Å². The lowest BCUT2D eigenvalue weighted by molar-refractivity contribution is 0.0394. The molecule has 0 radical (unpaired) electrons. The Labute approximate surface area is 169 Å². The SMILES string of the molecule is [2H]c1c(OC)c(OC([2H])([2H])[2H])c([2H])c(C2NC([2H])([2H])C([2H])(C([2H])([2H])C(C)(C([2H])([2H])[2H])C([2H])([2H])[2H])C([2H])(O)C2([2H])[2H])c1C([2H])[2H]. The van der Waals surface area contributed by atoms with Crippen molar-refractivity contribution in [1.82, 2.24) is 5.32 Å². The molecule has 4 heteroatoms.